The van der Waals surface area contributed by atoms with Gasteiger partial charge in [0.2, 0.25) is 11.8 Å². The van der Waals surface area contributed by atoms with Gasteiger partial charge in [-0.15, -0.1) is 0 Å². The SMILES string of the molecule is O=C(NCc1ccc(Cl)cc1)[C@H]1CCC(=O)N(C2CC2)C1. The fraction of sp³-hybridized carbons (Fsp3) is 0.500. The highest BCUT2D eigenvalue weighted by Gasteiger charge is 2.38. The molecule has 0 bridgehead atoms. The number of amides is 2. The van der Waals surface area contributed by atoms with E-state index in [1.165, 1.54) is 0 Å². The van der Waals surface area contributed by atoms with Gasteiger partial charge in [-0.2, -0.15) is 0 Å². The third-order valence-corrected chi connectivity index (χ3v) is 4.43. The topological polar surface area (TPSA) is 49.4 Å². The number of nitrogens with zero attached hydrogens (tertiary/aromatic N) is 1. The third-order valence-electron chi connectivity index (χ3n) is 4.18. The lowest BCUT2D eigenvalue weighted by Gasteiger charge is -2.32. The predicted octanol–water partition coefficient (Wildman–Crippen LogP) is 2.36. The van der Waals surface area contributed by atoms with Crippen molar-refractivity contribution >= 4 is 23.4 Å². The molecular weight excluding hydrogens is 288 g/mol. The summed E-state index contributed by atoms with van der Waals surface area (Å²) in [5.74, 6) is 0.179. The maximum absolute atomic E-state index is 12.3. The van der Waals surface area contributed by atoms with Gasteiger partial charge in [-0.1, -0.05) is 23.7 Å². The van der Waals surface area contributed by atoms with E-state index < -0.39 is 0 Å². The normalized spacial score (nSPS) is 22.2. The fourth-order valence-electron chi connectivity index (χ4n) is 2.76. The van der Waals surface area contributed by atoms with E-state index in [1.54, 1.807) is 0 Å². The van der Waals surface area contributed by atoms with Crippen LogP contribution >= 0.6 is 11.6 Å². The summed E-state index contributed by atoms with van der Waals surface area (Å²) < 4.78 is 0. The van der Waals surface area contributed by atoms with Crippen LogP contribution in [0.15, 0.2) is 24.3 Å². The Labute approximate surface area is 129 Å². The van der Waals surface area contributed by atoms with Crippen molar-refractivity contribution in [2.24, 2.45) is 5.92 Å². The van der Waals surface area contributed by atoms with Crippen LogP contribution in [-0.2, 0) is 16.1 Å². The highest BCUT2D eigenvalue weighted by molar-refractivity contribution is 6.30. The summed E-state index contributed by atoms with van der Waals surface area (Å²) in [7, 11) is 0. The van der Waals surface area contributed by atoms with Gasteiger partial charge in [0, 0.05) is 30.6 Å². The average Bonchev–Trinajstić information content (AvgIpc) is 3.31. The molecule has 2 aliphatic rings. The molecule has 3 rings (SSSR count). The van der Waals surface area contributed by atoms with Crippen LogP contribution in [0.5, 0.6) is 0 Å². The zero-order chi connectivity index (χ0) is 14.8. The summed E-state index contributed by atoms with van der Waals surface area (Å²) in [5.41, 5.74) is 1.03. The smallest absolute Gasteiger partial charge is 0.225 e. The minimum atomic E-state index is -0.0735. The zero-order valence-electron chi connectivity index (χ0n) is 11.8. The molecule has 2 fully saturated rings. The molecule has 1 aromatic carbocycles. The Hall–Kier alpha value is -1.55. The van der Waals surface area contributed by atoms with E-state index in [2.05, 4.69) is 5.32 Å². The van der Waals surface area contributed by atoms with Gasteiger partial charge in [0.25, 0.3) is 0 Å². The molecule has 112 valence electrons. The number of carbonyl (C=O) groups excluding carboxylic acids is 2. The lowest BCUT2D eigenvalue weighted by Crippen LogP contribution is -2.46. The number of hydrogen-bond acceptors (Lipinski definition) is 2. The van der Waals surface area contributed by atoms with E-state index in [4.69, 9.17) is 11.6 Å². The molecule has 0 unspecified atom stereocenters. The quantitative estimate of drug-likeness (QED) is 0.928. The van der Waals surface area contributed by atoms with E-state index in [9.17, 15) is 9.59 Å². The van der Waals surface area contributed by atoms with Gasteiger partial charge >= 0.3 is 0 Å². The molecule has 0 spiro atoms. The van der Waals surface area contributed by atoms with E-state index in [1.807, 2.05) is 29.2 Å². The number of hydrogen-bond donors (Lipinski definition) is 1. The first-order valence-electron chi connectivity index (χ1n) is 7.45. The van der Waals surface area contributed by atoms with Crippen LogP contribution in [0.25, 0.3) is 0 Å². The second-order valence-corrected chi connectivity index (χ2v) is 6.29. The van der Waals surface area contributed by atoms with Gasteiger partial charge in [-0.05, 0) is 37.0 Å². The van der Waals surface area contributed by atoms with Crippen LogP contribution in [-0.4, -0.2) is 29.3 Å². The summed E-state index contributed by atoms with van der Waals surface area (Å²) in [6, 6.07) is 7.84. The number of likely N-dealkylation sites (tertiary alicyclic amines) is 1. The van der Waals surface area contributed by atoms with Gasteiger partial charge in [0.1, 0.15) is 0 Å². The molecule has 0 aromatic heterocycles. The summed E-state index contributed by atoms with van der Waals surface area (Å²) in [5, 5.41) is 3.65. The monoisotopic (exact) mass is 306 g/mol. The summed E-state index contributed by atoms with van der Waals surface area (Å²) in [6.07, 6.45) is 3.33. The Morgan fingerprint density at radius 1 is 1.24 bits per heavy atom. The molecule has 1 heterocycles. The number of piperidine rings is 1. The highest BCUT2D eigenvalue weighted by atomic mass is 35.5. The third kappa shape index (κ3) is 3.56. The number of halogens is 1. The highest BCUT2D eigenvalue weighted by Crippen LogP contribution is 2.31. The van der Waals surface area contributed by atoms with Gasteiger partial charge < -0.3 is 10.2 Å². The number of carbonyl (C=O) groups is 2. The second kappa shape index (κ2) is 6.06. The van der Waals surface area contributed by atoms with Crippen molar-refractivity contribution in [1.82, 2.24) is 10.2 Å². The van der Waals surface area contributed by atoms with E-state index in [-0.39, 0.29) is 17.7 Å². The maximum atomic E-state index is 12.3. The molecule has 1 aromatic rings. The molecule has 1 aliphatic carbocycles. The van der Waals surface area contributed by atoms with E-state index in [0.29, 0.717) is 37.0 Å². The lowest BCUT2D eigenvalue weighted by molar-refractivity contribution is -0.138. The Morgan fingerprint density at radius 2 is 1.95 bits per heavy atom. The standard InChI is InChI=1S/C16H19ClN2O2/c17-13-4-1-11(2-5-13)9-18-16(21)12-3-8-15(20)19(10-12)14-6-7-14/h1-2,4-5,12,14H,3,6-10H2,(H,18,21)/t12-/m0/s1. The number of benzene rings is 1. The fourth-order valence-corrected chi connectivity index (χ4v) is 2.89. The number of rotatable bonds is 4. The first-order chi connectivity index (χ1) is 10.1. The lowest BCUT2D eigenvalue weighted by atomic mass is 9.96. The minimum Gasteiger partial charge on any atom is -0.352 e. The number of nitrogens with one attached hydrogen (secondary N) is 1. The molecule has 1 aliphatic heterocycles. The Balaban J connectivity index is 1.53. The van der Waals surface area contributed by atoms with Crippen LogP contribution in [0, 0.1) is 5.92 Å². The molecule has 21 heavy (non-hydrogen) atoms. The minimum absolute atomic E-state index is 0.0445. The van der Waals surface area contributed by atoms with Crippen molar-refractivity contribution in [3.05, 3.63) is 34.9 Å². The average molecular weight is 307 g/mol. The van der Waals surface area contributed by atoms with Crippen LogP contribution in [0.2, 0.25) is 5.02 Å². The largest absolute Gasteiger partial charge is 0.352 e. The van der Waals surface area contributed by atoms with Crippen molar-refractivity contribution in [1.29, 1.82) is 0 Å². The Bertz CT molecular complexity index is 540. The first-order valence-corrected chi connectivity index (χ1v) is 7.83. The molecule has 1 saturated heterocycles. The van der Waals surface area contributed by atoms with E-state index in [0.717, 1.165) is 18.4 Å². The summed E-state index contributed by atoms with van der Waals surface area (Å²) in [4.78, 5) is 26.0. The zero-order valence-corrected chi connectivity index (χ0v) is 12.6. The predicted molar refractivity (Wildman–Crippen MR) is 80.8 cm³/mol. The molecule has 0 radical (unpaired) electrons. The summed E-state index contributed by atoms with van der Waals surface area (Å²) in [6.45, 7) is 1.08. The van der Waals surface area contributed by atoms with Crippen molar-refractivity contribution < 1.29 is 9.59 Å². The van der Waals surface area contributed by atoms with Crippen LogP contribution in [0.4, 0.5) is 0 Å². The maximum Gasteiger partial charge on any atom is 0.225 e. The van der Waals surface area contributed by atoms with Crippen LogP contribution in [0.3, 0.4) is 0 Å². The van der Waals surface area contributed by atoms with Gasteiger partial charge in [-0.3, -0.25) is 9.59 Å². The summed E-state index contributed by atoms with van der Waals surface area (Å²) >= 11 is 5.84. The van der Waals surface area contributed by atoms with Gasteiger partial charge in [-0.25, -0.2) is 0 Å². The molecule has 1 saturated carbocycles. The van der Waals surface area contributed by atoms with Crippen LogP contribution < -0.4 is 5.32 Å². The van der Waals surface area contributed by atoms with Gasteiger partial charge in [0.15, 0.2) is 0 Å². The second-order valence-electron chi connectivity index (χ2n) is 5.86. The van der Waals surface area contributed by atoms with Crippen LogP contribution in [0.1, 0.15) is 31.2 Å². The first kappa shape index (κ1) is 14.4. The van der Waals surface area contributed by atoms with E-state index >= 15 is 0 Å². The molecule has 2 amide bonds. The Morgan fingerprint density at radius 3 is 2.62 bits per heavy atom. The van der Waals surface area contributed by atoms with Gasteiger partial charge in [0.05, 0.1) is 5.92 Å². The molecule has 1 atom stereocenters. The van der Waals surface area contributed by atoms with Crippen molar-refractivity contribution in [2.45, 2.75) is 38.3 Å². The Kier molecular flexibility index (Phi) is 4.15. The molecule has 1 N–H and O–H groups in total. The van der Waals surface area contributed by atoms with Crippen molar-refractivity contribution in [2.75, 3.05) is 6.54 Å². The molecule has 5 heteroatoms. The van der Waals surface area contributed by atoms with Crippen molar-refractivity contribution in [3.8, 4) is 0 Å². The molecule has 4 nitrogen and oxygen atoms in total. The van der Waals surface area contributed by atoms with Crippen molar-refractivity contribution in [3.63, 3.8) is 0 Å². The molecular formula is C16H19ClN2O2.